The van der Waals surface area contributed by atoms with Crippen LogP contribution in [0.2, 0.25) is 0 Å². The predicted octanol–water partition coefficient (Wildman–Crippen LogP) is 1.04. The Morgan fingerprint density at radius 1 is 0.875 bits per heavy atom. The number of hydrogen-bond acceptors (Lipinski definition) is 10. The van der Waals surface area contributed by atoms with Crippen molar-refractivity contribution in [2.24, 2.45) is 0 Å². The van der Waals surface area contributed by atoms with Crippen LogP contribution in [0.5, 0.6) is 0 Å². The first-order chi connectivity index (χ1) is 15.6. The molecule has 2 heterocycles. The van der Waals surface area contributed by atoms with E-state index in [-0.39, 0.29) is 12.6 Å². The average molecular weight is 465 g/mol. The minimum Gasteiger partial charge on any atom is -0.466 e. The molecule has 0 spiro atoms. The summed E-state index contributed by atoms with van der Waals surface area (Å²) in [6.45, 7) is 11.7. The molecule has 2 aliphatic rings. The van der Waals surface area contributed by atoms with Crippen molar-refractivity contribution < 1.29 is 48.2 Å². The molecule has 2 unspecified atom stereocenters. The van der Waals surface area contributed by atoms with Gasteiger partial charge in [-0.1, -0.05) is 13.2 Å². The lowest BCUT2D eigenvalue weighted by molar-refractivity contribution is -0.138. The van der Waals surface area contributed by atoms with Crippen LogP contribution in [0.15, 0.2) is 25.3 Å². The summed E-state index contributed by atoms with van der Waals surface area (Å²) in [6, 6.07) is 0. The van der Waals surface area contributed by atoms with Gasteiger partial charge < -0.3 is 38.6 Å². The molecule has 188 valence electrons. The molecule has 32 heavy (non-hydrogen) atoms. The molecule has 0 aromatic rings. The predicted molar refractivity (Wildman–Crippen MR) is 118 cm³/mol. The number of ether oxygens (including phenoxy) is 6. The van der Waals surface area contributed by atoms with Crippen LogP contribution in [-0.4, -0.2) is 101 Å². The highest BCUT2D eigenvalue weighted by Crippen LogP contribution is 2.09. The lowest BCUT2D eigenvalue weighted by Gasteiger charge is -2.02. The molecule has 10 heteroatoms. The second-order valence-electron chi connectivity index (χ2n) is 6.30. The summed E-state index contributed by atoms with van der Waals surface area (Å²) in [5.41, 5.74) is 0. The smallest absolute Gasteiger partial charge is 0.330 e. The zero-order chi connectivity index (χ0) is 24.5. The Balaban J connectivity index is 0. The van der Waals surface area contributed by atoms with Crippen LogP contribution in [0.4, 0.5) is 0 Å². The molecule has 10 nitrogen and oxygen atoms in total. The molecular formula is C22H40O10. The van der Waals surface area contributed by atoms with Crippen LogP contribution in [-0.2, 0) is 38.0 Å². The molecule has 2 atom stereocenters. The summed E-state index contributed by atoms with van der Waals surface area (Å²) >= 11 is 0. The van der Waals surface area contributed by atoms with E-state index < -0.39 is 5.97 Å². The Bertz CT molecular complexity index is 462. The third-order valence-electron chi connectivity index (χ3n) is 3.57. The van der Waals surface area contributed by atoms with Gasteiger partial charge in [-0.05, 0) is 25.7 Å². The second-order valence-corrected chi connectivity index (χ2v) is 6.30. The number of methoxy groups -OCH3 is 1. The quantitative estimate of drug-likeness (QED) is 0.156. The number of hydrogen-bond donors (Lipinski definition) is 2. The van der Waals surface area contributed by atoms with Crippen molar-refractivity contribution in [3.05, 3.63) is 25.3 Å². The van der Waals surface area contributed by atoms with E-state index in [4.69, 9.17) is 33.9 Å². The molecule has 2 aliphatic heterocycles. The first-order valence-electron chi connectivity index (χ1n) is 10.5. The van der Waals surface area contributed by atoms with Gasteiger partial charge in [-0.3, -0.25) is 0 Å². The van der Waals surface area contributed by atoms with Gasteiger partial charge in [-0.25, -0.2) is 9.59 Å². The standard InChI is InChI=1S/C10H16O4.C7H14O3.C4H6O2.CH4O/c1-2-10(11)13-6-4-3-5-12-7-9-8-14-9;8-3-1-2-4-9-5-7-6-10-7;1-3-4(5)6-2;1-2/h2,9H,1,3-8H2;7-8H,1-6H2;3H,1H2,2H3;2H,1H3. The van der Waals surface area contributed by atoms with E-state index in [2.05, 4.69) is 17.9 Å². The normalized spacial score (nSPS) is 17.0. The number of aliphatic hydroxyl groups excluding tert-OH is 2. The van der Waals surface area contributed by atoms with Crippen molar-refractivity contribution in [1.29, 1.82) is 0 Å². The lowest BCUT2D eigenvalue weighted by atomic mass is 10.3. The topological polar surface area (TPSA) is 137 Å². The van der Waals surface area contributed by atoms with E-state index in [0.717, 1.165) is 65.3 Å². The molecular weight excluding hydrogens is 424 g/mol. The van der Waals surface area contributed by atoms with Crippen molar-refractivity contribution in [2.75, 3.05) is 67.1 Å². The third kappa shape index (κ3) is 28.2. The Kier molecular flexibility index (Phi) is 25.7. The van der Waals surface area contributed by atoms with Gasteiger partial charge in [-0.2, -0.15) is 0 Å². The maximum atomic E-state index is 10.6. The molecule has 2 saturated heterocycles. The van der Waals surface area contributed by atoms with Crippen molar-refractivity contribution in [3.63, 3.8) is 0 Å². The van der Waals surface area contributed by atoms with E-state index in [0.29, 0.717) is 32.0 Å². The molecule has 0 aliphatic carbocycles. The summed E-state index contributed by atoms with van der Waals surface area (Å²) in [5.74, 6) is -0.757. The summed E-state index contributed by atoms with van der Waals surface area (Å²) in [7, 11) is 2.31. The van der Waals surface area contributed by atoms with Gasteiger partial charge in [0.2, 0.25) is 0 Å². The molecule has 0 aromatic carbocycles. The zero-order valence-corrected chi connectivity index (χ0v) is 19.4. The van der Waals surface area contributed by atoms with E-state index in [1.165, 1.54) is 13.2 Å². The maximum Gasteiger partial charge on any atom is 0.330 e. The lowest BCUT2D eigenvalue weighted by Crippen LogP contribution is -2.05. The molecule has 2 rings (SSSR count). The number of rotatable bonds is 15. The van der Waals surface area contributed by atoms with E-state index in [9.17, 15) is 9.59 Å². The van der Waals surface area contributed by atoms with Gasteiger partial charge in [0.15, 0.2) is 0 Å². The SMILES string of the molecule is C=CC(=O)OC.C=CC(=O)OCCCCOCC1CO1.CO.OCCCCOCC1CO1. The van der Waals surface area contributed by atoms with Gasteiger partial charge >= 0.3 is 11.9 Å². The zero-order valence-electron chi connectivity index (χ0n) is 19.4. The van der Waals surface area contributed by atoms with Crippen molar-refractivity contribution in [3.8, 4) is 0 Å². The molecule has 0 saturated carbocycles. The molecule has 0 bridgehead atoms. The summed E-state index contributed by atoms with van der Waals surface area (Å²) in [5, 5.41) is 15.4. The van der Waals surface area contributed by atoms with Gasteiger partial charge in [0.05, 0.1) is 40.1 Å². The van der Waals surface area contributed by atoms with Crippen LogP contribution in [0.1, 0.15) is 25.7 Å². The minimum absolute atomic E-state index is 0.267. The Hall–Kier alpha value is -1.82. The molecule has 0 radical (unpaired) electrons. The van der Waals surface area contributed by atoms with Crippen LogP contribution in [0, 0.1) is 0 Å². The van der Waals surface area contributed by atoms with Gasteiger partial charge in [-0.15, -0.1) is 0 Å². The summed E-state index contributed by atoms with van der Waals surface area (Å²) < 4.78 is 29.4. The van der Waals surface area contributed by atoms with Crippen LogP contribution < -0.4 is 0 Å². The minimum atomic E-state index is -0.394. The average Bonchev–Trinajstić information content (AvgIpc) is 3.75. The van der Waals surface area contributed by atoms with E-state index >= 15 is 0 Å². The molecule has 2 N–H and O–H groups in total. The van der Waals surface area contributed by atoms with Crippen LogP contribution >= 0.6 is 0 Å². The number of carbonyl (C=O) groups excluding carboxylic acids is 2. The molecule has 2 fully saturated rings. The summed E-state index contributed by atoms with van der Waals surface area (Å²) in [4.78, 5) is 20.5. The second kappa shape index (κ2) is 25.4. The fourth-order valence-electron chi connectivity index (χ4n) is 1.70. The number of epoxide rings is 2. The maximum absolute atomic E-state index is 10.6. The Labute approximate surface area is 191 Å². The first kappa shape index (κ1) is 32.4. The number of aliphatic hydroxyl groups is 2. The van der Waals surface area contributed by atoms with E-state index in [1.807, 2.05) is 0 Å². The first-order valence-corrected chi connectivity index (χ1v) is 10.5. The highest BCUT2D eigenvalue weighted by Gasteiger charge is 2.22. The number of carbonyl (C=O) groups is 2. The molecule has 0 amide bonds. The highest BCUT2D eigenvalue weighted by molar-refractivity contribution is 5.81. The van der Waals surface area contributed by atoms with Gasteiger partial charge in [0.25, 0.3) is 0 Å². The highest BCUT2D eigenvalue weighted by atomic mass is 16.6. The van der Waals surface area contributed by atoms with Gasteiger partial charge in [0, 0.05) is 39.1 Å². The van der Waals surface area contributed by atoms with Crippen LogP contribution in [0.3, 0.4) is 0 Å². The number of unbranched alkanes of at least 4 members (excludes halogenated alkanes) is 2. The third-order valence-corrected chi connectivity index (χ3v) is 3.57. The fourth-order valence-corrected chi connectivity index (χ4v) is 1.70. The fraction of sp³-hybridized carbons (Fsp3) is 0.727. The van der Waals surface area contributed by atoms with E-state index in [1.54, 1.807) is 0 Å². The molecule has 0 aromatic heterocycles. The van der Waals surface area contributed by atoms with Gasteiger partial charge in [0.1, 0.15) is 12.2 Å². The van der Waals surface area contributed by atoms with Crippen molar-refractivity contribution >= 4 is 11.9 Å². The van der Waals surface area contributed by atoms with Crippen LogP contribution in [0.25, 0.3) is 0 Å². The summed E-state index contributed by atoms with van der Waals surface area (Å²) in [6.07, 6.45) is 6.49. The van der Waals surface area contributed by atoms with Crippen molar-refractivity contribution in [1.82, 2.24) is 0 Å². The largest absolute Gasteiger partial charge is 0.466 e. The Morgan fingerprint density at radius 2 is 1.31 bits per heavy atom. The number of esters is 2. The van der Waals surface area contributed by atoms with Crippen molar-refractivity contribution in [2.45, 2.75) is 37.9 Å². The Morgan fingerprint density at radius 3 is 1.66 bits per heavy atom. The monoisotopic (exact) mass is 464 g/mol.